The topological polar surface area (TPSA) is 113 Å². The van der Waals surface area contributed by atoms with Crippen LogP contribution in [0.1, 0.15) is 10.1 Å². The monoisotopic (exact) mass is 388 g/mol. The smallest absolute Gasteiger partial charge is 0.309 e. The molecular formula is C14H16N2O5S3. The summed E-state index contributed by atoms with van der Waals surface area (Å²) in [5.74, 6) is -1.85. The highest BCUT2D eigenvalue weighted by molar-refractivity contribution is 7.93. The number of thiophene rings is 2. The van der Waals surface area contributed by atoms with Gasteiger partial charge < -0.3 is 15.7 Å². The molecule has 0 aromatic carbocycles. The second-order valence-electron chi connectivity index (χ2n) is 4.67. The third-order valence-electron chi connectivity index (χ3n) is 3.06. The highest BCUT2D eigenvalue weighted by Crippen LogP contribution is 2.33. The van der Waals surface area contributed by atoms with E-state index in [-0.39, 0.29) is 23.9 Å². The van der Waals surface area contributed by atoms with E-state index < -0.39 is 26.9 Å². The lowest BCUT2D eigenvalue weighted by molar-refractivity contribution is -0.139. The number of hydrogen-bond acceptors (Lipinski definition) is 7. The fourth-order valence-electron chi connectivity index (χ4n) is 1.92. The first kappa shape index (κ1) is 18.6. The van der Waals surface area contributed by atoms with Crippen molar-refractivity contribution in [1.82, 2.24) is 10.6 Å². The van der Waals surface area contributed by atoms with Crippen molar-refractivity contribution in [2.24, 2.45) is 0 Å². The fraction of sp³-hybridized carbons (Fsp3) is 0.286. The van der Waals surface area contributed by atoms with Gasteiger partial charge in [0, 0.05) is 18.0 Å². The quantitative estimate of drug-likeness (QED) is 0.600. The van der Waals surface area contributed by atoms with Crippen LogP contribution in [0.3, 0.4) is 0 Å². The van der Waals surface area contributed by atoms with Crippen LogP contribution < -0.4 is 10.6 Å². The van der Waals surface area contributed by atoms with Crippen molar-refractivity contribution in [1.29, 1.82) is 0 Å². The number of rotatable bonds is 7. The molecule has 0 spiro atoms. The van der Waals surface area contributed by atoms with E-state index in [0.29, 0.717) is 4.88 Å². The van der Waals surface area contributed by atoms with E-state index in [0.717, 1.165) is 11.3 Å². The number of carbonyl (C=O) groups is 2. The third-order valence-corrected chi connectivity index (χ3v) is 7.71. The van der Waals surface area contributed by atoms with E-state index in [1.54, 1.807) is 29.0 Å². The molecule has 0 saturated carbocycles. The summed E-state index contributed by atoms with van der Waals surface area (Å²) in [5.41, 5.74) is 0. The molecule has 0 aliphatic rings. The van der Waals surface area contributed by atoms with Gasteiger partial charge in [-0.05, 0) is 22.9 Å². The number of aliphatic hydroxyl groups excluding tert-OH is 1. The van der Waals surface area contributed by atoms with Gasteiger partial charge in [-0.2, -0.15) is 0 Å². The molecule has 2 aromatic rings. The van der Waals surface area contributed by atoms with Crippen molar-refractivity contribution in [3.63, 3.8) is 0 Å². The number of aliphatic hydroxyl groups is 1. The van der Waals surface area contributed by atoms with Gasteiger partial charge in [0.05, 0.1) is 6.61 Å². The summed E-state index contributed by atoms with van der Waals surface area (Å²) >= 11 is 2.37. The van der Waals surface area contributed by atoms with E-state index in [1.165, 1.54) is 17.4 Å². The predicted octanol–water partition coefficient (Wildman–Crippen LogP) is 0.549. The van der Waals surface area contributed by atoms with Crippen LogP contribution in [0.2, 0.25) is 0 Å². The average molecular weight is 388 g/mol. The van der Waals surface area contributed by atoms with Gasteiger partial charge in [-0.1, -0.05) is 12.1 Å². The summed E-state index contributed by atoms with van der Waals surface area (Å²) in [5, 5.41) is 15.6. The molecule has 7 nitrogen and oxygen atoms in total. The van der Waals surface area contributed by atoms with Gasteiger partial charge in [0.1, 0.15) is 9.46 Å². The van der Waals surface area contributed by atoms with Crippen molar-refractivity contribution in [2.75, 3.05) is 19.7 Å². The molecule has 0 radical (unpaired) electrons. The molecule has 24 heavy (non-hydrogen) atoms. The molecule has 3 N–H and O–H groups in total. The van der Waals surface area contributed by atoms with Crippen molar-refractivity contribution >= 4 is 44.3 Å². The first-order valence-corrected chi connectivity index (χ1v) is 10.2. The number of sulfone groups is 1. The maximum atomic E-state index is 12.8. The first-order valence-electron chi connectivity index (χ1n) is 6.94. The molecule has 2 heterocycles. The van der Waals surface area contributed by atoms with Gasteiger partial charge >= 0.3 is 11.8 Å². The average Bonchev–Trinajstić information content (AvgIpc) is 3.25. The number of amides is 2. The molecule has 0 saturated heterocycles. The maximum Gasteiger partial charge on any atom is 0.309 e. The number of hydrogen-bond donors (Lipinski definition) is 3. The van der Waals surface area contributed by atoms with Crippen molar-refractivity contribution in [3.05, 3.63) is 39.9 Å². The van der Waals surface area contributed by atoms with Crippen molar-refractivity contribution in [3.8, 4) is 0 Å². The second-order valence-corrected chi connectivity index (χ2v) is 8.95. The molecule has 0 bridgehead atoms. The summed E-state index contributed by atoms with van der Waals surface area (Å²) in [6, 6.07) is 6.56. The second kappa shape index (κ2) is 8.38. The van der Waals surface area contributed by atoms with Crippen LogP contribution in [-0.4, -0.2) is 45.0 Å². The zero-order valence-electron chi connectivity index (χ0n) is 12.5. The molecule has 0 aliphatic carbocycles. The van der Waals surface area contributed by atoms with Crippen LogP contribution in [0.4, 0.5) is 0 Å². The van der Waals surface area contributed by atoms with E-state index >= 15 is 0 Å². The molecule has 2 aromatic heterocycles. The fourth-order valence-corrected chi connectivity index (χ4v) is 5.91. The third kappa shape index (κ3) is 4.41. The predicted molar refractivity (Wildman–Crippen MR) is 91.7 cm³/mol. The van der Waals surface area contributed by atoms with Crippen LogP contribution in [0, 0.1) is 0 Å². The van der Waals surface area contributed by atoms with Crippen LogP contribution in [0.25, 0.3) is 0 Å². The van der Waals surface area contributed by atoms with E-state index in [2.05, 4.69) is 10.6 Å². The summed E-state index contributed by atoms with van der Waals surface area (Å²) in [7, 11) is -3.68. The lowest BCUT2D eigenvalue weighted by atomic mass is 10.3. The normalized spacial score (nSPS) is 12.5. The molecule has 2 rings (SSSR count). The Balaban J connectivity index is 2.14. The Kier molecular flexibility index (Phi) is 6.49. The Labute approximate surface area is 147 Å². The molecule has 0 aliphatic heterocycles. The van der Waals surface area contributed by atoms with Crippen molar-refractivity contribution < 1.29 is 23.1 Å². The van der Waals surface area contributed by atoms with Crippen LogP contribution in [0.15, 0.2) is 39.2 Å². The van der Waals surface area contributed by atoms with Crippen LogP contribution in [-0.2, 0) is 19.4 Å². The zero-order valence-corrected chi connectivity index (χ0v) is 14.9. The molecule has 0 unspecified atom stereocenters. The lowest BCUT2D eigenvalue weighted by Crippen LogP contribution is -2.42. The molecule has 10 heteroatoms. The Hall–Kier alpha value is -1.75. The van der Waals surface area contributed by atoms with Gasteiger partial charge in [-0.25, -0.2) is 8.42 Å². The standard InChI is InChI=1S/C14H16N2O5S3/c17-6-5-15-13(18)14(19)16-9-11(10-3-1-7-22-10)24(20,21)12-4-2-8-23-12/h1-4,7-8,11,17H,5-6,9H2,(H,15,18)(H,16,19)/t11-/m1/s1. The summed E-state index contributed by atoms with van der Waals surface area (Å²) in [6.07, 6.45) is 0. The van der Waals surface area contributed by atoms with Gasteiger partial charge in [-0.3, -0.25) is 9.59 Å². The molecule has 1 atom stereocenters. The number of nitrogens with one attached hydrogen (secondary N) is 2. The summed E-state index contributed by atoms with van der Waals surface area (Å²) in [4.78, 5) is 23.8. The van der Waals surface area contributed by atoms with E-state index in [9.17, 15) is 18.0 Å². The maximum absolute atomic E-state index is 12.8. The van der Waals surface area contributed by atoms with Crippen molar-refractivity contribution in [2.45, 2.75) is 9.46 Å². The summed E-state index contributed by atoms with van der Waals surface area (Å²) < 4.78 is 25.8. The summed E-state index contributed by atoms with van der Waals surface area (Å²) in [6.45, 7) is -0.552. The number of carbonyl (C=O) groups excluding carboxylic acids is 2. The Morgan fingerprint density at radius 1 is 1.08 bits per heavy atom. The van der Waals surface area contributed by atoms with Gasteiger partial charge in [-0.15, -0.1) is 22.7 Å². The minimum Gasteiger partial charge on any atom is -0.395 e. The Morgan fingerprint density at radius 3 is 2.33 bits per heavy atom. The van der Waals surface area contributed by atoms with Gasteiger partial charge in [0.15, 0.2) is 9.84 Å². The largest absolute Gasteiger partial charge is 0.395 e. The van der Waals surface area contributed by atoms with Gasteiger partial charge in [0.2, 0.25) is 0 Å². The molecule has 0 fully saturated rings. The minimum absolute atomic E-state index is 0.0475. The molecular weight excluding hydrogens is 372 g/mol. The minimum atomic E-state index is -3.68. The molecule has 130 valence electrons. The van der Waals surface area contributed by atoms with Gasteiger partial charge in [0.25, 0.3) is 0 Å². The Bertz CT molecular complexity index is 769. The molecule has 2 amide bonds. The lowest BCUT2D eigenvalue weighted by Gasteiger charge is -2.16. The highest BCUT2D eigenvalue weighted by atomic mass is 32.2. The SMILES string of the molecule is O=C(NCCO)C(=O)NC[C@H](c1cccs1)S(=O)(=O)c1cccs1. The van der Waals surface area contributed by atoms with E-state index in [1.807, 2.05) is 0 Å². The highest BCUT2D eigenvalue weighted by Gasteiger charge is 2.31. The zero-order chi connectivity index (χ0) is 17.6. The van der Waals surface area contributed by atoms with Crippen LogP contribution in [0.5, 0.6) is 0 Å². The van der Waals surface area contributed by atoms with Crippen LogP contribution >= 0.6 is 22.7 Å². The Morgan fingerprint density at radius 2 is 1.75 bits per heavy atom. The van der Waals surface area contributed by atoms with E-state index in [4.69, 9.17) is 5.11 Å². The first-order chi connectivity index (χ1) is 11.5.